The van der Waals surface area contributed by atoms with E-state index in [0.29, 0.717) is 18.0 Å². The lowest BCUT2D eigenvalue weighted by Crippen LogP contribution is -2.41. The van der Waals surface area contributed by atoms with Gasteiger partial charge >= 0.3 is 0 Å². The minimum Gasteiger partial charge on any atom is -0.362 e. The Morgan fingerprint density at radius 1 is 1.35 bits per heavy atom. The molecule has 0 spiro atoms. The van der Waals surface area contributed by atoms with Gasteiger partial charge in [-0.3, -0.25) is 4.99 Å². The highest BCUT2D eigenvalue weighted by Gasteiger charge is 2.29. The zero-order chi connectivity index (χ0) is 12.3. The van der Waals surface area contributed by atoms with Crippen LogP contribution in [0.1, 0.15) is 52.9 Å². The average Bonchev–Trinajstić information content (AvgIpc) is 2.35. The van der Waals surface area contributed by atoms with E-state index in [-0.39, 0.29) is 0 Å². The van der Waals surface area contributed by atoms with Crippen molar-refractivity contribution >= 4 is 16.9 Å². The van der Waals surface area contributed by atoms with E-state index in [1.807, 2.05) is 11.8 Å². The zero-order valence-corrected chi connectivity index (χ0v) is 12.2. The summed E-state index contributed by atoms with van der Waals surface area (Å²) in [5.74, 6) is 2.83. The van der Waals surface area contributed by atoms with Crippen LogP contribution in [-0.4, -0.2) is 23.0 Å². The first-order valence-corrected chi connectivity index (χ1v) is 8.16. The molecule has 0 aromatic heterocycles. The predicted octanol–water partition coefficient (Wildman–Crippen LogP) is 3.67. The molecule has 2 rings (SSSR count). The topological polar surface area (TPSA) is 24.4 Å². The monoisotopic (exact) mass is 254 g/mol. The predicted molar refractivity (Wildman–Crippen MR) is 77.7 cm³/mol. The largest absolute Gasteiger partial charge is 0.362 e. The Morgan fingerprint density at radius 2 is 2.12 bits per heavy atom. The Morgan fingerprint density at radius 3 is 2.82 bits per heavy atom. The van der Waals surface area contributed by atoms with Crippen molar-refractivity contribution in [1.29, 1.82) is 0 Å². The first-order valence-electron chi connectivity index (χ1n) is 7.17. The van der Waals surface area contributed by atoms with Gasteiger partial charge < -0.3 is 5.32 Å². The van der Waals surface area contributed by atoms with Gasteiger partial charge in [0, 0.05) is 11.8 Å². The van der Waals surface area contributed by atoms with Crippen molar-refractivity contribution in [2.75, 3.05) is 5.75 Å². The summed E-state index contributed by atoms with van der Waals surface area (Å²) in [5, 5.41) is 4.87. The fourth-order valence-electron chi connectivity index (χ4n) is 2.90. The molecule has 3 atom stereocenters. The number of fused-ring (bicyclic) bond motifs is 1. The number of hydrogen-bond acceptors (Lipinski definition) is 3. The van der Waals surface area contributed by atoms with Crippen LogP contribution in [0.4, 0.5) is 0 Å². The van der Waals surface area contributed by atoms with E-state index in [0.717, 1.165) is 5.92 Å². The Hall–Kier alpha value is -0.180. The number of thioether (sulfide) groups is 1. The molecule has 0 aromatic carbocycles. The number of aliphatic imine (C=N–C) groups is 1. The van der Waals surface area contributed by atoms with Crippen LogP contribution < -0.4 is 5.32 Å². The molecule has 0 aromatic rings. The number of rotatable bonds is 3. The molecular formula is C14H26N2S. The number of nitrogens with zero attached hydrogens (tertiary/aromatic N) is 1. The molecule has 0 radical (unpaired) electrons. The van der Waals surface area contributed by atoms with Gasteiger partial charge in [-0.25, -0.2) is 0 Å². The summed E-state index contributed by atoms with van der Waals surface area (Å²) in [5.41, 5.74) is 0. The minimum absolute atomic E-state index is 0.585. The van der Waals surface area contributed by atoms with Gasteiger partial charge in [-0.1, -0.05) is 45.4 Å². The molecule has 1 aliphatic carbocycles. The maximum atomic E-state index is 4.94. The lowest BCUT2D eigenvalue weighted by atomic mass is 9.86. The highest BCUT2D eigenvalue weighted by atomic mass is 32.2. The lowest BCUT2D eigenvalue weighted by Gasteiger charge is -2.34. The van der Waals surface area contributed by atoms with Crippen molar-refractivity contribution in [2.24, 2.45) is 16.8 Å². The quantitative estimate of drug-likeness (QED) is 0.831. The average molecular weight is 254 g/mol. The molecule has 3 unspecified atom stereocenters. The van der Waals surface area contributed by atoms with Crippen LogP contribution in [0.5, 0.6) is 0 Å². The Labute approximate surface area is 110 Å². The molecule has 1 heterocycles. The first kappa shape index (κ1) is 13.3. The van der Waals surface area contributed by atoms with Crippen LogP contribution in [0, 0.1) is 11.8 Å². The molecule has 1 N–H and O–H groups in total. The third-order valence-electron chi connectivity index (χ3n) is 4.14. The van der Waals surface area contributed by atoms with Crippen LogP contribution in [0.2, 0.25) is 0 Å². The van der Waals surface area contributed by atoms with E-state index in [9.17, 15) is 0 Å². The lowest BCUT2D eigenvalue weighted by molar-refractivity contribution is 0.334. The van der Waals surface area contributed by atoms with E-state index in [1.54, 1.807) is 0 Å². The van der Waals surface area contributed by atoms with Gasteiger partial charge in [0.2, 0.25) is 0 Å². The van der Waals surface area contributed by atoms with Crippen molar-refractivity contribution in [3.8, 4) is 0 Å². The molecule has 0 amide bonds. The molecule has 17 heavy (non-hydrogen) atoms. The molecule has 1 saturated carbocycles. The molecule has 2 nitrogen and oxygen atoms in total. The second-order valence-corrected chi connectivity index (χ2v) is 6.77. The van der Waals surface area contributed by atoms with Gasteiger partial charge in [0.15, 0.2) is 5.17 Å². The smallest absolute Gasteiger partial charge is 0.157 e. The Bertz CT molecular complexity index is 275. The fourth-order valence-corrected chi connectivity index (χ4v) is 4.11. The maximum Gasteiger partial charge on any atom is 0.157 e. The van der Waals surface area contributed by atoms with Gasteiger partial charge in [0.1, 0.15) is 0 Å². The molecule has 1 fully saturated rings. The third-order valence-corrected chi connectivity index (χ3v) is 5.23. The van der Waals surface area contributed by atoms with Gasteiger partial charge in [-0.05, 0) is 31.1 Å². The highest BCUT2D eigenvalue weighted by Crippen LogP contribution is 2.33. The van der Waals surface area contributed by atoms with Crippen LogP contribution in [0.25, 0.3) is 0 Å². The van der Waals surface area contributed by atoms with E-state index in [4.69, 9.17) is 4.99 Å². The van der Waals surface area contributed by atoms with Crippen molar-refractivity contribution < 1.29 is 0 Å². The highest BCUT2D eigenvalue weighted by molar-refractivity contribution is 8.13. The second kappa shape index (κ2) is 6.12. The summed E-state index contributed by atoms with van der Waals surface area (Å²) in [6, 6.07) is 1.21. The van der Waals surface area contributed by atoms with Gasteiger partial charge in [-0.2, -0.15) is 0 Å². The van der Waals surface area contributed by atoms with Crippen molar-refractivity contribution in [2.45, 2.75) is 65.0 Å². The van der Waals surface area contributed by atoms with Crippen LogP contribution in [0.15, 0.2) is 4.99 Å². The van der Waals surface area contributed by atoms with Crippen molar-refractivity contribution in [3.63, 3.8) is 0 Å². The second-order valence-electron chi connectivity index (χ2n) is 5.76. The Balaban J connectivity index is 1.95. The fraction of sp³-hybridized carbons (Fsp3) is 0.929. The van der Waals surface area contributed by atoms with Crippen molar-refractivity contribution in [1.82, 2.24) is 5.32 Å². The summed E-state index contributed by atoms with van der Waals surface area (Å²) in [7, 11) is 0. The van der Waals surface area contributed by atoms with Gasteiger partial charge in [0.25, 0.3) is 0 Å². The summed E-state index contributed by atoms with van der Waals surface area (Å²) in [4.78, 5) is 4.94. The number of hydrogen-bond donors (Lipinski definition) is 1. The molecular weight excluding hydrogens is 228 g/mol. The summed E-state index contributed by atoms with van der Waals surface area (Å²) < 4.78 is 0. The third kappa shape index (κ3) is 3.40. The summed E-state index contributed by atoms with van der Waals surface area (Å²) in [6.07, 6.45) is 6.70. The normalized spacial score (nSPS) is 30.7. The van der Waals surface area contributed by atoms with E-state index in [1.165, 1.54) is 43.0 Å². The van der Waals surface area contributed by atoms with Crippen LogP contribution in [0.3, 0.4) is 0 Å². The van der Waals surface area contributed by atoms with E-state index >= 15 is 0 Å². The van der Waals surface area contributed by atoms with Crippen molar-refractivity contribution in [3.05, 3.63) is 0 Å². The van der Waals surface area contributed by atoms with Crippen LogP contribution in [-0.2, 0) is 0 Å². The summed E-state index contributed by atoms with van der Waals surface area (Å²) >= 11 is 1.95. The molecule has 2 aliphatic rings. The van der Waals surface area contributed by atoms with Gasteiger partial charge in [0.05, 0.1) is 6.04 Å². The van der Waals surface area contributed by atoms with Gasteiger partial charge in [-0.15, -0.1) is 0 Å². The number of nitrogens with one attached hydrogen (secondary N) is 1. The molecule has 1 aliphatic heterocycles. The van der Waals surface area contributed by atoms with Crippen LogP contribution >= 0.6 is 11.8 Å². The minimum atomic E-state index is 0.585. The SMILES string of the molecule is CCC(NC1=NC2CCCCC2CS1)C(C)C. The maximum absolute atomic E-state index is 4.94. The molecule has 3 heteroatoms. The number of amidine groups is 1. The summed E-state index contributed by atoms with van der Waals surface area (Å²) in [6.45, 7) is 6.84. The first-order chi connectivity index (χ1) is 8.20. The zero-order valence-electron chi connectivity index (χ0n) is 11.4. The van der Waals surface area contributed by atoms with E-state index in [2.05, 4.69) is 26.1 Å². The molecule has 0 bridgehead atoms. The Kier molecular flexibility index (Phi) is 4.78. The standard InChI is InChI=1S/C14H26N2S/c1-4-12(10(2)3)15-14-16-13-8-6-5-7-11(13)9-17-14/h10-13H,4-9H2,1-3H3,(H,15,16). The molecule has 0 saturated heterocycles. The van der Waals surface area contributed by atoms with E-state index < -0.39 is 0 Å². The molecule has 98 valence electrons.